The number of nitrogens with zero attached hydrogens (tertiary/aromatic N) is 2. The molecule has 0 radical (unpaired) electrons. The van der Waals surface area contributed by atoms with Crippen LogP contribution in [0.1, 0.15) is 24.5 Å². The average Bonchev–Trinajstić information content (AvgIpc) is 2.89. The zero-order valence-corrected chi connectivity index (χ0v) is 15.6. The Morgan fingerprint density at radius 3 is 2.24 bits per heavy atom. The molecule has 1 saturated heterocycles. The van der Waals surface area contributed by atoms with Gasteiger partial charge in [-0.3, -0.25) is 4.90 Å². The largest absolute Gasteiger partial charge is 0.298 e. The van der Waals surface area contributed by atoms with E-state index in [9.17, 15) is 8.42 Å². The van der Waals surface area contributed by atoms with Gasteiger partial charge >= 0.3 is 0 Å². The van der Waals surface area contributed by atoms with E-state index >= 15 is 0 Å². The predicted molar refractivity (Wildman–Crippen MR) is 101 cm³/mol. The molecule has 0 amide bonds. The SMILES string of the molecule is CCc1ccc(S(=O)(=O)N2CCCN(Cc3ccccc3)CC2)cc1. The molecule has 1 heterocycles. The standard InChI is InChI=1S/C20H26N2O2S/c1-2-18-9-11-20(12-10-18)25(23,24)22-14-6-13-21(15-16-22)17-19-7-4-3-5-8-19/h3-5,7-12H,2,6,13-17H2,1H3. The summed E-state index contributed by atoms with van der Waals surface area (Å²) in [7, 11) is -3.40. The fraction of sp³-hybridized carbons (Fsp3) is 0.400. The number of rotatable bonds is 5. The zero-order chi connectivity index (χ0) is 17.7. The third-order valence-corrected chi connectivity index (χ3v) is 6.68. The molecule has 0 unspecified atom stereocenters. The molecule has 0 saturated carbocycles. The molecule has 1 aliphatic rings. The molecule has 1 fully saturated rings. The van der Waals surface area contributed by atoms with Gasteiger partial charge in [-0.2, -0.15) is 4.31 Å². The monoisotopic (exact) mass is 358 g/mol. The maximum Gasteiger partial charge on any atom is 0.243 e. The van der Waals surface area contributed by atoms with E-state index < -0.39 is 10.0 Å². The normalized spacial score (nSPS) is 17.3. The summed E-state index contributed by atoms with van der Waals surface area (Å²) in [5, 5.41) is 0. The highest BCUT2D eigenvalue weighted by molar-refractivity contribution is 7.89. The lowest BCUT2D eigenvalue weighted by molar-refractivity contribution is 0.278. The van der Waals surface area contributed by atoms with Crippen molar-refractivity contribution in [2.24, 2.45) is 0 Å². The number of hydrogen-bond donors (Lipinski definition) is 0. The Morgan fingerprint density at radius 1 is 0.840 bits per heavy atom. The first-order valence-corrected chi connectivity index (χ1v) is 10.4. The van der Waals surface area contributed by atoms with Crippen molar-refractivity contribution in [3.8, 4) is 0 Å². The lowest BCUT2D eigenvalue weighted by Gasteiger charge is -2.22. The Hall–Kier alpha value is -1.69. The Bertz CT molecular complexity index is 773. The van der Waals surface area contributed by atoms with Crippen molar-refractivity contribution in [2.75, 3.05) is 26.2 Å². The molecule has 2 aromatic carbocycles. The highest BCUT2D eigenvalue weighted by Crippen LogP contribution is 2.19. The van der Waals surface area contributed by atoms with Crippen LogP contribution in [0.3, 0.4) is 0 Å². The van der Waals surface area contributed by atoms with Gasteiger partial charge in [0.1, 0.15) is 0 Å². The first-order valence-electron chi connectivity index (χ1n) is 8.95. The maximum atomic E-state index is 12.9. The Balaban J connectivity index is 1.67. The van der Waals surface area contributed by atoms with Gasteiger partial charge in [0.05, 0.1) is 4.90 Å². The number of aryl methyl sites for hydroxylation is 1. The van der Waals surface area contributed by atoms with Gasteiger partial charge in [-0.05, 0) is 42.6 Å². The summed E-state index contributed by atoms with van der Waals surface area (Å²) in [5.41, 5.74) is 2.43. The molecule has 1 aliphatic heterocycles. The summed E-state index contributed by atoms with van der Waals surface area (Å²) in [6.07, 6.45) is 1.78. The van der Waals surface area contributed by atoms with Crippen molar-refractivity contribution in [2.45, 2.75) is 31.2 Å². The molecule has 0 bridgehead atoms. The van der Waals surface area contributed by atoms with Gasteiger partial charge in [-0.15, -0.1) is 0 Å². The first-order chi connectivity index (χ1) is 12.1. The van der Waals surface area contributed by atoms with Crippen LogP contribution in [0.25, 0.3) is 0 Å². The van der Waals surface area contributed by atoms with Crippen LogP contribution in [0.4, 0.5) is 0 Å². The van der Waals surface area contributed by atoms with Crippen molar-refractivity contribution < 1.29 is 8.42 Å². The number of benzene rings is 2. The van der Waals surface area contributed by atoms with E-state index in [1.165, 1.54) is 5.56 Å². The number of hydrogen-bond acceptors (Lipinski definition) is 3. The predicted octanol–water partition coefficient (Wildman–Crippen LogP) is 3.15. The molecular formula is C20H26N2O2S. The van der Waals surface area contributed by atoms with E-state index in [1.807, 2.05) is 30.3 Å². The fourth-order valence-corrected chi connectivity index (χ4v) is 4.70. The molecule has 0 aromatic heterocycles. The summed E-state index contributed by atoms with van der Waals surface area (Å²) in [4.78, 5) is 2.74. The van der Waals surface area contributed by atoms with Crippen molar-refractivity contribution in [3.05, 3.63) is 65.7 Å². The minimum Gasteiger partial charge on any atom is -0.298 e. The van der Waals surface area contributed by atoms with Crippen molar-refractivity contribution in [3.63, 3.8) is 0 Å². The second-order valence-electron chi connectivity index (χ2n) is 6.52. The molecule has 0 spiro atoms. The highest BCUT2D eigenvalue weighted by atomic mass is 32.2. The lowest BCUT2D eigenvalue weighted by Crippen LogP contribution is -2.35. The molecule has 0 atom stereocenters. The molecular weight excluding hydrogens is 332 g/mol. The third-order valence-electron chi connectivity index (χ3n) is 4.77. The summed E-state index contributed by atoms with van der Waals surface area (Å²) in [5.74, 6) is 0. The van der Waals surface area contributed by atoms with Gasteiger partial charge in [-0.25, -0.2) is 8.42 Å². The maximum absolute atomic E-state index is 12.9. The summed E-state index contributed by atoms with van der Waals surface area (Å²) >= 11 is 0. The highest BCUT2D eigenvalue weighted by Gasteiger charge is 2.26. The van der Waals surface area contributed by atoms with E-state index in [0.717, 1.165) is 38.0 Å². The van der Waals surface area contributed by atoms with E-state index in [4.69, 9.17) is 0 Å². The minimum atomic E-state index is -3.40. The molecule has 3 rings (SSSR count). The second-order valence-corrected chi connectivity index (χ2v) is 8.45. The van der Waals surface area contributed by atoms with Crippen molar-refractivity contribution >= 4 is 10.0 Å². The minimum absolute atomic E-state index is 0.404. The fourth-order valence-electron chi connectivity index (χ4n) is 3.23. The Morgan fingerprint density at radius 2 is 1.56 bits per heavy atom. The second kappa shape index (κ2) is 8.13. The van der Waals surface area contributed by atoms with Crippen LogP contribution >= 0.6 is 0 Å². The quantitative estimate of drug-likeness (QED) is 0.824. The van der Waals surface area contributed by atoms with E-state index in [0.29, 0.717) is 18.0 Å². The summed E-state index contributed by atoms with van der Waals surface area (Å²) in [6.45, 7) is 5.77. The molecule has 4 nitrogen and oxygen atoms in total. The first kappa shape index (κ1) is 18.1. The Labute approximate surface area is 151 Å². The van der Waals surface area contributed by atoms with E-state index in [-0.39, 0.29) is 0 Å². The Kier molecular flexibility index (Phi) is 5.89. The topological polar surface area (TPSA) is 40.6 Å². The summed E-state index contributed by atoms with van der Waals surface area (Å²) in [6, 6.07) is 17.6. The summed E-state index contributed by atoms with van der Waals surface area (Å²) < 4.78 is 27.5. The van der Waals surface area contributed by atoms with Crippen molar-refractivity contribution in [1.82, 2.24) is 9.21 Å². The van der Waals surface area contributed by atoms with Crippen LogP contribution in [-0.4, -0.2) is 43.8 Å². The van der Waals surface area contributed by atoms with Crippen LogP contribution in [0, 0.1) is 0 Å². The number of sulfonamides is 1. The molecule has 5 heteroatoms. The van der Waals surface area contributed by atoms with Gasteiger partial charge in [0.15, 0.2) is 0 Å². The van der Waals surface area contributed by atoms with Gasteiger partial charge in [0, 0.05) is 26.2 Å². The molecule has 0 aliphatic carbocycles. The lowest BCUT2D eigenvalue weighted by atomic mass is 10.2. The third kappa shape index (κ3) is 4.48. The van der Waals surface area contributed by atoms with Gasteiger partial charge in [0.2, 0.25) is 10.0 Å². The average molecular weight is 359 g/mol. The van der Waals surface area contributed by atoms with Gasteiger partial charge < -0.3 is 0 Å². The molecule has 0 N–H and O–H groups in total. The van der Waals surface area contributed by atoms with Crippen LogP contribution in [-0.2, 0) is 23.0 Å². The van der Waals surface area contributed by atoms with Gasteiger partial charge in [0.25, 0.3) is 0 Å². The smallest absolute Gasteiger partial charge is 0.243 e. The van der Waals surface area contributed by atoms with Gasteiger partial charge in [-0.1, -0.05) is 49.4 Å². The molecule has 134 valence electrons. The van der Waals surface area contributed by atoms with Crippen LogP contribution in [0.15, 0.2) is 59.5 Å². The van der Waals surface area contributed by atoms with Crippen molar-refractivity contribution in [1.29, 1.82) is 0 Å². The van der Waals surface area contributed by atoms with E-state index in [1.54, 1.807) is 16.4 Å². The van der Waals surface area contributed by atoms with Crippen LogP contribution in [0.5, 0.6) is 0 Å². The molecule has 2 aromatic rings. The van der Waals surface area contributed by atoms with E-state index in [2.05, 4.69) is 24.0 Å². The zero-order valence-electron chi connectivity index (χ0n) is 14.8. The van der Waals surface area contributed by atoms with Crippen LogP contribution < -0.4 is 0 Å². The molecule has 25 heavy (non-hydrogen) atoms. The van der Waals surface area contributed by atoms with Crippen LogP contribution in [0.2, 0.25) is 0 Å².